The Morgan fingerprint density at radius 2 is 1.87 bits per heavy atom. The van der Waals surface area contributed by atoms with Crippen molar-refractivity contribution in [2.45, 2.75) is 13.8 Å². The molecule has 0 saturated carbocycles. The second kappa shape index (κ2) is 7.83. The molecule has 0 spiro atoms. The molecular formula is C24H26N4O3. The van der Waals surface area contributed by atoms with Gasteiger partial charge in [0.15, 0.2) is 0 Å². The van der Waals surface area contributed by atoms with Crippen molar-refractivity contribution >= 4 is 22.2 Å². The standard InChI is InChI=1S/C24H26N4O3/c1-16-14-28-15-19(12-22(28)17(2)25-16)21-11-18-3-4-20(13-23(18)31-24(21)30)27-7-5-26(6-8-27)9-10-29/h3-4,11-15,29H,5-10H2,1-2H3. The van der Waals surface area contributed by atoms with Crippen LogP contribution in [0.5, 0.6) is 0 Å². The highest BCUT2D eigenvalue weighted by Gasteiger charge is 2.18. The number of piperazine rings is 1. The molecule has 1 aliphatic rings. The van der Waals surface area contributed by atoms with Crippen molar-refractivity contribution in [2.24, 2.45) is 0 Å². The molecular weight excluding hydrogens is 392 g/mol. The zero-order valence-corrected chi connectivity index (χ0v) is 17.8. The van der Waals surface area contributed by atoms with Crippen LogP contribution in [0.4, 0.5) is 5.69 Å². The first-order valence-electron chi connectivity index (χ1n) is 10.6. The molecule has 1 aromatic carbocycles. The molecule has 1 N–H and O–H groups in total. The summed E-state index contributed by atoms with van der Waals surface area (Å²) < 4.78 is 7.75. The van der Waals surface area contributed by atoms with Crippen molar-refractivity contribution in [3.8, 4) is 11.1 Å². The Morgan fingerprint density at radius 1 is 1.06 bits per heavy atom. The summed E-state index contributed by atoms with van der Waals surface area (Å²) in [6.07, 6.45) is 3.91. The second-order valence-electron chi connectivity index (χ2n) is 8.21. The van der Waals surface area contributed by atoms with Gasteiger partial charge >= 0.3 is 5.63 Å². The third kappa shape index (κ3) is 3.71. The van der Waals surface area contributed by atoms with E-state index in [1.807, 2.05) is 54.9 Å². The van der Waals surface area contributed by atoms with E-state index in [0.717, 1.165) is 59.7 Å². The van der Waals surface area contributed by atoms with E-state index in [0.29, 0.717) is 17.7 Å². The molecule has 7 nitrogen and oxygen atoms in total. The Labute approximate surface area is 180 Å². The Kier molecular flexibility index (Phi) is 5.00. The number of aliphatic hydroxyl groups is 1. The number of hydrogen-bond donors (Lipinski definition) is 1. The quantitative estimate of drug-likeness (QED) is 0.514. The number of aryl methyl sites for hydroxylation is 2. The maximum atomic E-state index is 12.8. The first kappa shape index (κ1) is 19.8. The van der Waals surface area contributed by atoms with Gasteiger partial charge in [-0.2, -0.15) is 0 Å². The Morgan fingerprint density at radius 3 is 2.65 bits per heavy atom. The minimum Gasteiger partial charge on any atom is -0.422 e. The first-order valence-corrected chi connectivity index (χ1v) is 10.6. The van der Waals surface area contributed by atoms with E-state index in [-0.39, 0.29) is 12.2 Å². The number of nitrogens with zero attached hydrogens (tertiary/aromatic N) is 4. The van der Waals surface area contributed by atoms with E-state index >= 15 is 0 Å². The molecule has 0 aliphatic carbocycles. The van der Waals surface area contributed by atoms with Crippen molar-refractivity contribution in [1.82, 2.24) is 14.3 Å². The third-order valence-corrected chi connectivity index (χ3v) is 6.07. The molecule has 4 aromatic rings. The molecule has 7 heteroatoms. The fourth-order valence-corrected chi connectivity index (χ4v) is 4.44. The van der Waals surface area contributed by atoms with Crippen LogP contribution in [0.1, 0.15) is 11.4 Å². The molecule has 1 saturated heterocycles. The van der Waals surface area contributed by atoms with Crippen LogP contribution in [0.2, 0.25) is 0 Å². The fraction of sp³-hybridized carbons (Fsp3) is 0.333. The number of rotatable bonds is 4. The van der Waals surface area contributed by atoms with E-state index < -0.39 is 0 Å². The number of β-amino-alcohol motifs (C(OH)–C–C–N with tert-alkyl or cyclic N) is 1. The molecule has 160 valence electrons. The highest BCUT2D eigenvalue weighted by Crippen LogP contribution is 2.27. The lowest BCUT2D eigenvalue weighted by Crippen LogP contribution is -2.47. The lowest BCUT2D eigenvalue weighted by molar-refractivity contribution is 0.189. The maximum Gasteiger partial charge on any atom is 0.344 e. The summed E-state index contributed by atoms with van der Waals surface area (Å²) in [5, 5.41) is 10.0. The van der Waals surface area contributed by atoms with Crippen LogP contribution >= 0.6 is 0 Å². The molecule has 0 atom stereocenters. The van der Waals surface area contributed by atoms with Crippen LogP contribution in [0, 0.1) is 13.8 Å². The van der Waals surface area contributed by atoms with E-state index in [1.165, 1.54) is 0 Å². The van der Waals surface area contributed by atoms with E-state index in [4.69, 9.17) is 9.52 Å². The molecule has 0 unspecified atom stereocenters. The van der Waals surface area contributed by atoms with Crippen LogP contribution in [0.25, 0.3) is 27.6 Å². The summed E-state index contributed by atoms with van der Waals surface area (Å²) in [4.78, 5) is 21.9. The molecule has 1 aliphatic heterocycles. The number of aliphatic hydroxyl groups excluding tert-OH is 1. The van der Waals surface area contributed by atoms with Gasteiger partial charge in [0.25, 0.3) is 0 Å². The van der Waals surface area contributed by atoms with Crippen molar-refractivity contribution < 1.29 is 9.52 Å². The van der Waals surface area contributed by atoms with E-state index in [9.17, 15) is 4.79 Å². The predicted octanol–water partition coefficient (Wildman–Crippen LogP) is 2.84. The van der Waals surface area contributed by atoms with Gasteiger partial charge in [0.2, 0.25) is 0 Å². The number of fused-ring (bicyclic) bond motifs is 2. The minimum atomic E-state index is -0.337. The monoisotopic (exact) mass is 418 g/mol. The summed E-state index contributed by atoms with van der Waals surface area (Å²) in [7, 11) is 0. The van der Waals surface area contributed by atoms with Gasteiger partial charge < -0.3 is 18.8 Å². The van der Waals surface area contributed by atoms with Crippen LogP contribution in [0.3, 0.4) is 0 Å². The second-order valence-corrected chi connectivity index (χ2v) is 8.21. The molecule has 0 bridgehead atoms. The van der Waals surface area contributed by atoms with Gasteiger partial charge in [0.05, 0.1) is 29.1 Å². The minimum absolute atomic E-state index is 0.191. The number of anilines is 1. The molecule has 0 radical (unpaired) electrons. The van der Waals surface area contributed by atoms with Gasteiger partial charge in [-0.25, -0.2) is 4.79 Å². The first-order chi connectivity index (χ1) is 15.0. The van der Waals surface area contributed by atoms with Gasteiger partial charge in [0.1, 0.15) is 5.58 Å². The largest absolute Gasteiger partial charge is 0.422 e. The van der Waals surface area contributed by atoms with Crippen molar-refractivity contribution in [3.05, 3.63) is 64.5 Å². The molecule has 4 heterocycles. The average molecular weight is 418 g/mol. The van der Waals surface area contributed by atoms with Gasteiger partial charge in [0, 0.05) is 67.8 Å². The summed E-state index contributed by atoms with van der Waals surface area (Å²) in [6.45, 7) is 8.44. The maximum absolute atomic E-state index is 12.8. The molecule has 1 fully saturated rings. The van der Waals surface area contributed by atoms with Crippen molar-refractivity contribution in [3.63, 3.8) is 0 Å². The topological polar surface area (TPSA) is 74.2 Å². The van der Waals surface area contributed by atoms with Gasteiger partial charge in [-0.15, -0.1) is 0 Å². The number of hydrogen-bond acceptors (Lipinski definition) is 6. The van der Waals surface area contributed by atoms with Crippen LogP contribution in [0.15, 0.2) is 51.9 Å². The van der Waals surface area contributed by atoms with Crippen molar-refractivity contribution in [1.29, 1.82) is 0 Å². The predicted molar refractivity (Wildman–Crippen MR) is 122 cm³/mol. The average Bonchev–Trinajstić information content (AvgIpc) is 3.18. The van der Waals surface area contributed by atoms with Gasteiger partial charge in [-0.1, -0.05) is 0 Å². The highest BCUT2D eigenvalue weighted by molar-refractivity contribution is 5.85. The Balaban J connectivity index is 1.47. The molecule has 5 rings (SSSR count). The summed E-state index contributed by atoms with van der Waals surface area (Å²) in [5.41, 5.74) is 5.54. The highest BCUT2D eigenvalue weighted by atomic mass is 16.4. The van der Waals surface area contributed by atoms with Crippen LogP contribution in [-0.2, 0) is 0 Å². The number of benzene rings is 1. The van der Waals surface area contributed by atoms with Crippen LogP contribution in [-0.4, -0.2) is 58.7 Å². The molecule has 0 amide bonds. The zero-order valence-electron chi connectivity index (χ0n) is 17.8. The third-order valence-electron chi connectivity index (χ3n) is 6.07. The summed E-state index contributed by atoms with van der Waals surface area (Å²) in [6, 6.07) is 9.95. The lowest BCUT2D eigenvalue weighted by atomic mass is 10.1. The van der Waals surface area contributed by atoms with E-state index in [2.05, 4.69) is 20.9 Å². The van der Waals surface area contributed by atoms with Crippen molar-refractivity contribution in [2.75, 3.05) is 44.2 Å². The zero-order chi connectivity index (χ0) is 21.5. The normalized spacial score (nSPS) is 15.3. The Hall–Kier alpha value is -3.16. The summed E-state index contributed by atoms with van der Waals surface area (Å²) >= 11 is 0. The Bertz CT molecular complexity index is 1320. The van der Waals surface area contributed by atoms with Crippen LogP contribution < -0.4 is 10.5 Å². The SMILES string of the molecule is Cc1cn2cc(-c3cc4ccc(N5CCN(CCO)CC5)cc4oc3=O)cc2c(C)n1. The smallest absolute Gasteiger partial charge is 0.344 e. The lowest BCUT2D eigenvalue weighted by Gasteiger charge is -2.35. The molecule has 3 aromatic heterocycles. The van der Waals surface area contributed by atoms with Gasteiger partial charge in [-0.3, -0.25) is 9.88 Å². The van der Waals surface area contributed by atoms with Gasteiger partial charge in [-0.05, 0) is 38.1 Å². The summed E-state index contributed by atoms with van der Waals surface area (Å²) in [5.74, 6) is 0. The molecule has 31 heavy (non-hydrogen) atoms. The van der Waals surface area contributed by atoms with E-state index in [1.54, 1.807) is 0 Å². The fourth-order valence-electron chi connectivity index (χ4n) is 4.44. The number of aromatic nitrogens is 2.